The van der Waals surface area contributed by atoms with Crippen LogP contribution in [0.1, 0.15) is 41.6 Å². The smallest absolute Gasteiger partial charge is 0.251 e. The molecule has 3 amide bonds. The van der Waals surface area contributed by atoms with E-state index in [2.05, 4.69) is 28.1 Å². The van der Waals surface area contributed by atoms with Crippen LogP contribution in [0.25, 0.3) is 0 Å². The second kappa shape index (κ2) is 11.9. The van der Waals surface area contributed by atoms with E-state index in [1.165, 1.54) is 5.56 Å². The molecule has 1 aliphatic rings. The molecule has 3 N–H and O–H groups in total. The van der Waals surface area contributed by atoms with Gasteiger partial charge in [-0.25, -0.2) is 0 Å². The Labute approximate surface area is 182 Å². The number of hydrogen-bond acceptors (Lipinski definition) is 4. The summed E-state index contributed by atoms with van der Waals surface area (Å²) < 4.78 is 5.31. The first kappa shape index (κ1) is 22.5. The van der Waals surface area contributed by atoms with E-state index in [1.54, 1.807) is 24.3 Å². The van der Waals surface area contributed by atoms with Crippen LogP contribution in [-0.2, 0) is 20.7 Å². The number of carbonyl (C=O) groups excluding carboxylic acids is 3. The molecule has 0 aliphatic carbocycles. The summed E-state index contributed by atoms with van der Waals surface area (Å²) in [5.41, 5.74) is 2.37. The molecule has 0 bridgehead atoms. The van der Waals surface area contributed by atoms with Crippen LogP contribution in [0.2, 0.25) is 0 Å². The lowest BCUT2D eigenvalue weighted by Gasteiger charge is -2.11. The van der Waals surface area contributed by atoms with Gasteiger partial charge in [-0.1, -0.05) is 30.3 Å². The number of benzene rings is 2. The summed E-state index contributed by atoms with van der Waals surface area (Å²) in [5, 5.41) is 8.39. The fourth-order valence-corrected chi connectivity index (χ4v) is 3.39. The zero-order chi connectivity index (χ0) is 21.9. The summed E-state index contributed by atoms with van der Waals surface area (Å²) in [6.45, 7) is 1.30. The van der Waals surface area contributed by atoms with E-state index in [4.69, 9.17) is 4.74 Å². The molecule has 1 heterocycles. The molecule has 0 aromatic heterocycles. The van der Waals surface area contributed by atoms with Gasteiger partial charge in [0.2, 0.25) is 11.8 Å². The van der Waals surface area contributed by atoms with Crippen molar-refractivity contribution in [2.45, 2.75) is 38.2 Å². The highest BCUT2D eigenvalue weighted by molar-refractivity contribution is 5.95. The maximum Gasteiger partial charge on any atom is 0.251 e. The van der Waals surface area contributed by atoms with Crippen LogP contribution in [0.15, 0.2) is 54.6 Å². The monoisotopic (exact) mass is 423 g/mol. The van der Waals surface area contributed by atoms with Crippen LogP contribution in [-0.4, -0.2) is 43.5 Å². The quantitative estimate of drug-likeness (QED) is 0.512. The van der Waals surface area contributed by atoms with Crippen molar-refractivity contribution in [1.29, 1.82) is 0 Å². The van der Waals surface area contributed by atoms with Crippen molar-refractivity contribution < 1.29 is 19.1 Å². The Morgan fingerprint density at radius 2 is 1.68 bits per heavy atom. The van der Waals surface area contributed by atoms with E-state index in [9.17, 15) is 14.4 Å². The Kier molecular flexibility index (Phi) is 8.60. The molecule has 1 aliphatic heterocycles. The van der Waals surface area contributed by atoms with Gasteiger partial charge in [0.15, 0.2) is 0 Å². The number of rotatable bonds is 10. The van der Waals surface area contributed by atoms with Crippen molar-refractivity contribution in [3.63, 3.8) is 0 Å². The molecule has 1 saturated heterocycles. The number of amides is 3. The summed E-state index contributed by atoms with van der Waals surface area (Å²) in [7, 11) is 0. The number of ether oxygens (including phenoxy) is 1. The van der Waals surface area contributed by atoms with Gasteiger partial charge in [0, 0.05) is 37.4 Å². The molecular weight excluding hydrogens is 394 g/mol. The molecule has 2 aromatic rings. The molecule has 2 aromatic carbocycles. The molecular formula is C24H29N3O4. The highest BCUT2D eigenvalue weighted by Gasteiger charge is 2.22. The number of aryl methyl sites for hydroxylation is 1. The van der Waals surface area contributed by atoms with Crippen molar-refractivity contribution in [2.24, 2.45) is 0 Å². The van der Waals surface area contributed by atoms with Crippen LogP contribution >= 0.6 is 0 Å². The summed E-state index contributed by atoms with van der Waals surface area (Å²) in [6.07, 6.45) is 3.36. The first-order valence-corrected chi connectivity index (χ1v) is 10.7. The lowest BCUT2D eigenvalue weighted by molar-refractivity contribution is -0.130. The van der Waals surface area contributed by atoms with Gasteiger partial charge >= 0.3 is 0 Å². The third kappa shape index (κ3) is 7.53. The van der Waals surface area contributed by atoms with E-state index in [0.29, 0.717) is 37.4 Å². The van der Waals surface area contributed by atoms with Crippen LogP contribution in [0.3, 0.4) is 0 Å². The normalized spacial score (nSPS) is 15.3. The molecule has 7 heteroatoms. The molecule has 0 saturated carbocycles. The third-order valence-electron chi connectivity index (χ3n) is 5.07. The van der Waals surface area contributed by atoms with E-state index in [0.717, 1.165) is 25.7 Å². The minimum atomic E-state index is -0.364. The van der Waals surface area contributed by atoms with Gasteiger partial charge in [-0.05, 0) is 55.5 Å². The van der Waals surface area contributed by atoms with Gasteiger partial charge in [-0.15, -0.1) is 0 Å². The van der Waals surface area contributed by atoms with E-state index in [1.807, 2.05) is 18.2 Å². The van der Waals surface area contributed by atoms with Crippen molar-refractivity contribution >= 4 is 23.4 Å². The highest BCUT2D eigenvalue weighted by Crippen LogP contribution is 2.12. The Hall–Kier alpha value is -3.19. The van der Waals surface area contributed by atoms with Crippen molar-refractivity contribution in [3.05, 3.63) is 65.7 Å². The van der Waals surface area contributed by atoms with E-state index >= 15 is 0 Å². The van der Waals surface area contributed by atoms with Crippen LogP contribution in [0.4, 0.5) is 5.69 Å². The molecule has 1 fully saturated rings. The second-order valence-electron chi connectivity index (χ2n) is 7.51. The van der Waals surface area contributed by atoms with Gasteiger partial charge in [0.1, 0.15) is 6.10 Å². The predicted molar refractivity (Wildman–Crippen MR) is 119 cm³/mol. The minimum Gasteiger partial charge on any atom is -0.368 e. The summed E-state index contributed by atoms with van der Waals surface area (Å²) in [5.74, 6) is -0.405. The van der Waals surface area contributed by atoms with Crippen LogP contribution in [0, 0.1) is 0 Å². The Morgan fingerprint density at radius 3 is 2.39 bits per heavy atom. The van der Waals surface area contributed by atoms with Crippen LogP contribution in [0.5, 0.6) is 0 Å². The molecule has 31 heavy (non-hydrogen) atoms. The standard InChI is InChI=1S/C24H29N3O4/c28-22(10-4-8-18-6-2-1-3-7-18)27-20-13-11-19(12-14-20)23(29)25-15-16-26-24(30)21-9-5-17-31-21/h1-3,6-7,11-14,21H,4-5,8-10,15-17H2,(H,25,29)(H,26,30)(H,27,28). The number of nitrogens with one attached hydrogen (secondary N) is 3. The minimum absolute atomic E-state index is 0.0462. The Balaban J connectivity index is 1.33. The van der Waals surface area contributed by atoms with Gasteiger partial charge in [0.05, 0.1) is 0 Å². The second-order valence-corrected chi connectivity index (χ2v) is 7.51. The average Bonchev–Trinajstić information content (AvgIpc) is 3.33. The molecule has 1 unspecified atom stereocenters. The summed E-state index contributed by atoms with van der Waals surface area (Å²) >= 11 is 0. The average molecular weight is 424 g/mol. The fourth-order valence-electron chi connectivity index (χ4n) is 3.39. The van der Waals surface area contributed by atoms with Crippen LogP contribution < -0.4 is 16.0 Å². The topological polar surface area (TPSA) is 96.5 Å². The highest BCUT2D eigenvalue weighted by atomic mass is 16.5. The maximum absolute atomic E-state index is 12.2. The van der Waals surface area contributed by atoms with Gasteiger partial charge < -0.3 is 20.7 Å². The van der Waals surface area contributed by atoms with Gasteiger partial charge in [0.25, 0.3) is 5.91 Å². The molecule has 1 atom stereocenters. The summed E-state index contributed by atoms with van der Waals surface area (Å²) in [4.78, 5) is 36.2. The SMILES string of the molecule is O=C(CCCc1ccccc1)Nc1ccc(C(=O)NCCNC(=O)C2CCCO2)cc1. The lowest BCUT2D eigenvalue weighted by Crippen LogP contribution is -2.39. The Morgan fingerprint density at radius 1 is 0.935 bits per heavy atom. The number of carbonyl (C=O) groups is 3. The van der Waals surface area contributed by atoms with Crippen molar-refractivity contribution in [1.82, 2.24) is 10.6 Å². The van der Waals surface area contributed by atoms with Crippen molar-refractivity contribution in [3.8, 4) is 0 Å². The molecule has 0 spiro atoms. The van der Waals surface area contributed by atoms with Crippen molar-refractivity contribution in [2.75, 3.05) is 25.0 Å². The van der Waals surface area contributed by atoms with E-state index < -0.39 is 0 Å². The molecule has 3 rings (SSSR count). The maximum atomic E-state index is 12.2. The zero-order valence-corrected chi connectivity index (χ0v) is 17.6. The lowest BCUT2D eigenvalue weighted by atomic mass is 10.1. The third-order valence-corrected chi connectivity index (χ3v) is 5.07. The van der Waals surface area contributed by atoms with E-state index in [-0.39, 0.29) is 23.8 Å². The Bertz CT molecular complexity index is 862. The molecule has 7 nitrogen and oxygen atoms in total. The molecule has 164 valence electrons. The fraction of sp³-hybridized carbons (Fsp3) is 0.375. The summed E-state index contributed by atoms with van der Waals surface area (Å²) in [6, 6.07) is 16.8. The largest absolute Gasteiger partial charge is 0.368 e. The number of hydrogen-bond donors (Lipinski definition) is 3. The van der Waals surface area contributed by atoms with Gasteiger partial charge in [-0.3, -0.25) is 14.4 Å². The zero-order valence-electron chi connectivity index (χ0n) is 17.6. The molecule has 0 radical (unpaired) electrons. The predicted octanol–water partition coefficient (Wildman–Crippen LogP) is 2.67. The number of anilines is 1. The first-order chi connectivity index (χ1) is 15.1. The first-order valence-electron chi connectivity index (χ1n) is 10.7. The van der Waals surface area contributed by atoms with Gasteiger partial charge in [-0.2, -0.15) is 0 Å².